The fraction of sp³-hybridized carbons (Fsp3) is 1.00. The van der Waals surface area contributed by atoms with Gasteiger partial charge >= 0.3 is 0 Å². The summed E-state index contributed by atoms with van der Waals surface area (Å²) in [6, 6.07) is 0.707. The molecular formula is C15H30N2O. The van der Waals surface area contributed by atoms with Crippen molar-refractivity contribution in [2.75, 3.05) is 32.8 Å². The monoisotopic (exact) mass is 254 g/mol. The molecule has 1 atom stereocenters. The Bertz CT molecular complexity index is 215. The van der Waals surface area contributed by atoms with Gasteiger partial charge in [0.2, 0.25) is 0 Å². The van der Waals surface area contributed by atoms with Crippen molar-refractivity contribution in [2.24, 2.45) is 0 Å². The summed E-state index contributed by atoms with van der Waals surface area (Å²) in [5.74, 6) is 0. The Morgan fingerprint density at radius 2 is 2.06 bits per heavy atom. The summed E-state index contributed by atoms with van der Waals surface area (Å²) in [5.41, 5.74) is 0. The first-order chi connectivity index (χ1) is 8.88. The molecule has 18 heavy (non-hydrogen) atoms. The highest BCUT2D eigenvalue weighted by atomic mass is 16.5. The zero-order valence-corrected chi connectivity index (χ0v) is 12.0. The largest absolute Gasteiger partial charge is 0.377 e. The van der Waals surface area contributed by atoms with E-state index in [1.54, 1.807) is 0 Å². The minimum Gasteiger partial charge on any atom is -0.377 e. The van der Waals surface area contributed by atoms with E-state index in [0.29, 0.717) is 12.1 Å². The molecule has 2 fully saturated rings. The van der Waals surface area contributed by atoms with Crippen LogP contribution in [0.15, 0.2) is 0 Å². The van der Waals surface area contributed by atoms with E-state index in [9.17, 15) is 0 Å². The first kappa shape index (κ1) is 14.3. The van der Waals surface area contributed by atoms with Crippen molar-refractivity contribution in [2.45, 2.75) is 64.0 Å². The summed E-state index contributed by atoms with van der Waals surface area (Å²) in [4.78, 5) is 2.57. The fourth-order valence-electron chi connectivity index (χ4n) is 3.22. The van der Waals surface area contributed by atoms with E-state index in [-0.39, 0.29) is 0 Å². The average Bonchev–Trinajstić information content (AvgIpc) is 2.41. The van der Waals surface area contributed by atoms with E-state index >= 15 is 0 Å². The van der Waals surface area contributed by atoms with Crippen molar-refractivity contribution in [3.63, 3.8) is 0 Å². The molecule has 0 aromatic rings. The second-order valence-corrected chi connectivity index (χ2v) is 5.87. The van der Waals surface area contributed by atoms with Gasteiger partial charge in [-0.25, -0.2) is 0 Å². The number of hydrogen-bond acceptors (Lipinski definition) is 3. The Balaban J connectivity index is 1.57. The molecule has 106 valence electrons. The van der Waals surface area contributed by atoms with Crippen LogP contribution in [0.1, 0.15) is 51.9 Å². The van der Waals surface area contributed by atoms with E-state index < -0.39 is 0 Å². The summed E-state index contributed by atoms with van der Waals surface area (Å²) in [7, 11) is 0. The van der Waals surface area contributed by atoms with Gasteiger partial charge in [-0.3, -0.25) is 4.90 Å². The molecule has 0 aromatic carbocycles. The normalized spacial score (nSPS) is 27.5. The highest BCUT2D eigenvalue weighted by Gasteiger charge is 2.19. The zero-order valence-electron chi connectivity index (χ0n) is 12.0. The summed E-state index contributed by atoms with van der Waals surface area (Å²) >= 11 is 0. The van der Waals surface area contributed by atoms with Crippen LogP contribution in [0.4, 0.5) is 0 Å². The van der Waals surface area contributed by atoms with Crippen LogP contribution in [0.5, 0.6) is 0 Å². The Morgan fingerprint density at radius 1 is 1.22 bits per heavy atom. The smallest absolute Gasteiger partial charge is 0.0597 e. The maximum absolute atomic E-state index is 6.02. The van der Waals surface area contributed by atoms with Crippen LogP contribution in [0.2, 0.25) is 0 Å². The van der Waals surface area contributed by atoms with Gasteiger partial charge in [0.25, 0.3) is 0 Å². The van der Waals surface area contributed by atoms with Crippen molar-refractivity contribution >= 4 is 0 Å². The van der Waals surface area contributed by atoms with Gasteiger partial charge in [0, 0.05) is 32.2 Å². The highest BCUT2D eigenvalue weighted by molar-refractivity contribution is 4.78. The van der Waals surface area contributed by atoms with Crippen molar-refractivity contribution in [1.82, 2.24) is 10.2 Å². The first-order valence-corrected chi connectivity index (χ1v) is 7.96. The molecule has 1 aliphatic heterocycles. The van der Waals surface area contributed by atoms with Gasteiger partial charge in [-0.1, -0.05) is 32.6 Å². The van der Waals surface area contributed by atoms with Gasteiger partial charge in [-0.15, -0.1) is 0 Å². The fourth-order valence-corrected chi connectivity index (χ4v) is 3.22. The Hall–Kier alpha value is -0.120. The highest BCUT2D eigenvalue weighted by Crippen LogP contribution is 2.20. The molecular weight excluding hydrogens is 224 g/mol. The van der Waals surface area contributed by atoms with Crippen LogP contribution in [0.25, 0.3) is 0 Å². The van der Waals surface area contributed by atoms with Gasteiger partial charge in [-0.2, -0.15) is 0 Å². The molecule has 3 heteroatoms. The average molecular weight is 254 g/mol. The first-order valence-electron chi connectivity index (χ1n) is 7.96. The number of piperazine rings is 1. The van der Waals surface area contributed by atoms with E-state index in [0.717, 1.165) is 19.7 Å². The van der Waals surface area contributed by atoms with Crippen LogP contribution < -0.4 is 5.32 Å². The minimum atomic E-state index is 0.563. The Morgan fingerprint density at radius 3 is 2.83 bits per heavy atom. The van der Waals surface area contributed by atoms with Crippen molar-refractivity contribution in [3.05, 3.63) is 0 Å². The van der Waals surface area contributed by atoms with Crippen LogP contribution in [-0.2, 0) is 4.74 Å². The van der Waals surface area contributed by atoms with E-state index in [1.807, 2.05) is 0 Å². The molecule has 1 unspecified atom stereocenters. The molecule has 2 rings (SSSR count). The molecule has 0 aromatic heterocycles. The quantitative estimate of drug-likeness (QED) is 0.788. The molecule has 0 radical (unpaired) electrons. The molecule has 0 bridgehead atoms. The molecule has 1 aliphatic carbocycles. The lowest BCUT2D eigenvalue weighted by Gasteiger charge is -2.34. The van der Waals surface area contributed by atoms with E-state index in [1.165, 1.54) is 58.0 Å². The third-order valence-electron chi connectivity index (χ3n) is 4.29. The number of ether oxygens (including phenoxy) is 1. The lowest BCUT2D eigenvalue weighted by Crippen LogP contribution is -2.51. The van der Waals surface area contributed by atoms with E-state index in [4.69, 9.17) is 4.74 Å². The number of nitrogens with zero attached hydrogens (tertiary/aromatic N) is 1. The number of nitrogens with one attached hydrogen (secondary N) is 1. The lowest BCUT2D eigenvalue weighted by atomic mass is 9.98. The van der Waals surface area contributed by atoms with E-state index in [2.05, 4.69) is 17.1 Å². The van der Waals surface area contributed by atoms with Crippen molar-refractivity contribution in [1.29, 1.82) is 0 Å². The van der Waals surface area contributed by atoms with Gasteiger partial charge < -0.3 is 10.1 Å². The molecule has 0 amide bonds. The van der Waals surface area contributed by atoms with Crippen LogP contribution in [0.3, 0.4) is 0 Å². The van der Waals surface area contributed by atoms with Gasteiger partial charge in [0.05, 0.1) is 12.7 Å². The molecule has 0 spiro atoms. The second kappa shape index (κ2) is 8.13. The second-order valence-electron chi connectivity index (χ2n) is 5.87. The molecule has 2 aliphatic rings. The van der Waals surface area contributed by atoms with Crippen LogP contribution in [0, 0.1) is 0 Å². The standard InChI is InChI=1S/C15H30N2O/c1-2-6-14-13-17(10-9-16-14)11-12-18-15-7-4-3-5-8-15/h14-16H,2-13H2,1H3. The maximum Gasteiger partial charge on any atom is 0.0597 e. The predicted octanol–water partition coefficient (Wildman–Crippen LogP) is 2.41. The van der Waals surface area contributed by atoms with Gasteiger partial charge in [0.1, 0.15) is 0 Å². The van der Waals surface area contributed by atoms with Gasteiger partial charge in [-0.05, 0) is 19.3 Å². The Labute approximate surface area is 112 Å². The summed E-state index contributed by atoms with van der Waals surface area (Å²) in [6.45, 7) is 7.87. The van der Waals surface area contributed by atoms with Crippen molar-refractivity contribution in [3.8, 4) is 0 Å². The third kappa shape index (κ3) is 4.87. The number of hydrogen-bond donors (Lipinski definition) is 1. The molecule has 1 saturated carbocycles. The molecule has 1 heterocycles. The topological polar surface area (TPSA) is 24.5 Å². The van der Waals surface area contributed by atoms with Crippen molar-refractivity contribution < 1.29 is 4.74 Å². The molecule has 3 nitrogen and oxygen atoms in total. The predicted molar refractivity (Wildman–Crippen MR) is 76.0 cm³/mol. The SMILES string of the molecule is CCCC1CN(CCOC2CCCCC2)CCN1. The lowest BCUT2D eigenvalue weighted by molar-refractivity contribution is 0.0126. The molecule has 1 N–H and O–H groups in total. The summed E-state index contributed by atoms with van der Waals surface area (Å²) in [6.07, 6.45) is 9.89. The maximum atomic E-state index is 6.02. The zero-order chi connectivity index (χ0) is 12.6. The molecule has 1 saturated heterocycles. The van der Waals surface area contributed by atoms with Gasteiger partial charge in [0.15, 0.2) is 0 Å². The minimum absolute atomic E-state index is 0.563. The summed E-state index contributed by atoms with van der Waals surface area (Å²) in [5, 5.41) is 3.61. The number of rotatable bonds is 6. The summed E-state index contributed by atoms with van der Waals surface area (Å²) < 4.78 is 6.02. The third-order valence-corrected chi connectivity index (χ3v) is 4.29. The van der Waals surface area contributed by atoms with Crippen LogP contribution in [-0.4, -0.2) is 49.8 Å². The Kier molecular flexibility index (Phi) is 6.46. The van der Waals surface area contributed by atoms with Crippen LogP contribution >= 0.6 is 0 Å².